The van der Waals surface area contributed by atoms with Crippen LogP contribution in [0.3, 0.4) is 0 Å². The molecule has 2 N–H and O–H groups in total. The highest BCUT2D eigenvalue weighted by Gasteiger charge is 2.07. The van der Waals surface area contributed by atoms with Crippen molar-refractivity contribution < 1.29 is 9.90 Å². The second-order valence-electron chi connectivity index (χ2n) is 3.24. The fraction of sp³-hybridized carbons (Fsp3) is 0. The molecule has 0 aliphatic carbocycles. The Morgan fingerprint density at radius 2 is 2.25 bits per heavy atom. The van der Waals surface area contributed by atoms with Crippen molar-refractivity contribution in [1.29, 1.82) is 0 Å². The van der Waals surface area contributed by atoms with Gasteiger partial charge in [0.05, 0.1) is 9.93 Å². The first-order chi connectivity index (χ1) is 7.59. The molecule has 1 aromatic carbocycles. The van der Waals surface area contributed by atoms with Gasteiger partial charge < -0.3 is 10.1 Å². The highest BCUT2D eigenvalue weighted by Crippen LogP contribution is 2.28. The first-order valence-electron chi connectivity index (χ1n) is 4.49. The fourth-order valence-corrected chi connectivity index (χ4v) is 1.91. The Morgan fingerprint density at radius 1 is 1.50 bits per heavy atom. The summed E-state index contributed by atoms with van der Waals surface area (Å²) in [4.78, 5) is 13.6. The molecule has 0 saturated carbocycles. The van der Waals surface area contributed by atoms with E-state index in [0.29, 0.717) is 10.6 Å². The van der Waals surface area contributed by atoms with Crippen LogP contribution in [0.4, 0.5) is 0 Å². The standard InChI is InChI=1S/C11H8ClNO2S/c12-7-2-1-3-8-10(7)6(5-13-8)4-9(16)11(14)15/h1-5,13,16H,(H,14,15)/b9-4-. The van der Waals surface area contributed by atoms with Crippen molar-refractivity contribution >= 4 is 47.2 Å². The quantitative estimate of drug-likeness (QED) is 0.569. The average molecular weight is 254 g/mol. The Morgan fingerprint density at radius 3 is 2.94 bits per heavy atom. The van der Waals surface area contributed by atoms with E-state index in [2.05, 4.69) is 17.6 Å². The van der Waals surface area contributed by atoms with Gasteiger partial charge in [-0.25, -0.2) is 4.79 Å². The largest absolute Gasteiger partial charge is 0.477 e. The summed E-state index contributed by atoms with van der Waals surface area (Å²) in [5.41, 5.74) is 1.58. The van der Waals surface area contributed by atoms with E-state index in [1.54, 1.807) is 12.3 Å². The zero-order valence-electron chi connectivity index (χ0n) is 8.07. The van der Waals surface area contributed by atoms with Crippen molar-refractivity contribution in [2.24, 2.45) is 0 Å². The number of hydrogen-bond donors (Lipinski definition) is 3. The van der Waals surface area contributed by atoms with Gasteiger partial charge in [0.2, 0.25) is 0 Å². The molecule has 0 bridgehead atoms. The van der Waals surface area contributed by atoms with E-state index in [0.717, 1.165) is 10.9 Å². The van der Waals surface area contributed by atoms with Gasteiger partial charge in [-0.3, -0.25) is 0 Å². The maximum atomic E-state index is 10.7. The lowest BCUT2D eigenvalue weighted by atomic mass is 10.1. The van der Waals surface area contributed by atoms with Gasteiger partial charge in [-0.05, 0) is 18.2 Å². The van der Waals surface area contributed by atoms with Gasteiger partial charge in [0.15, 0.2) is 0 Å². The van der Waals surface area contributed by atoms with E-state index >= 15 is 0 Å². The number of aromatic nitrogens is 1. The summed E-state index contributed by atoms with van der Waals surface area (Å²) >= 11 is 9.92. The van der Waals surface area contributed by atoms with Crippen LogP contribution in [-0.4, -0.2) is 16.1 Å². The molecule has 3 nitrogen and oxygen atoms in total. The molecule has 2 rings (SSSR count). The molecule has 1 heterocycles. The molecule has 0 unspecified atom stereocenters. The third kappa shape index (κ3) is 1.94. The first-order valence-corrected chi connectivity index (χ1v) is 5.31. The van der Waals surface area contributed by atoms with E-state index in [1.807, 2.05) is 12.1 Å². The zero-order valence-corrected chi connectivity index (χ0v) is 9.72. The van der Waals surface area contributed by atoms with E-state index in [1.165, 1.54) is 6.08 Å². The smallest absolute Gasteiger partial charge is 0.341 e. The number of aliphatic carboxylic acids is 1. The maximum absolute atomic E-state index is 10.7. The number of carbonyl (C=O) groups is 1. The van der Waals surface area contributed by atoms with Crippen LogP contribution in [0.5, 0.6) is 0 Å². The second-order valence-corrected chi connectivity index (χ2v) is 4.13. The molecule has 0 saturated heterocycles. The van der Waals surface area contributed by atoms with Crippen molar-refractivity contribution in [2.75, 3.05) is 0 Å². The lowest BCUT2D eigenvalue weighted by Crippen LogP contribution is -1.92. The third-order valence-electron chi connectivity index (χ3n) is 2.20. The molecular weight excluding hydrogens is 246 g/mol. The second kappa shape index (κ2) is 4.23. The van der Waals surface area contributed by atoms with Gasteiger partial charge in [-0.1, -0.05) is 17.7 Å². The van der Waals surface area contributed by atoms with Crippen molar-refractivity contribution in [3.05, 3.63) is 39.9 Å². The van der Waals surface area contributed by atoms with E-state index < -0.39 is 5.97 Å². The van der Waals surface area contributed by atoms with Gasteiger partial charge in [-0.2, -0.15) is 0 Å². The summed E-state index contributed by atoms with van der Waals surface area (Å²) in [5.74, 6) is -1.07. The van der Waals surface area contributed by atoms with Gasteiger partial charge in [0.25, 0.3) is 0 Å². The van der Waals surface area contributed by atoms with Crippen molar-refractivity contribution in [2.45, 2.75) is 0 Å². The van der Waals surface area contributed by atoms with Gasteiger partial charge >= 0.3 is 5.97 Å². The molecule has 1 aromatic heterocycles. The fourth-order valence-electron chi connectivity index (χ4n) is 1.49. The molecule has 0 radical (unpaired) electrons. The molecule has 5 heteroatoms. The van der Waals surface area contributed by atoms with Crippen LogP contribution in [0.1, 0.15) is 5.56 Å². The lowest BCUT2D eigenvalue weighted by molar-refractivity contribution is -0.131. The van der Waals surface area contributed by atoms with Crippen molar-refractivity contribution in [3.8, 4) is 0 Å². The van der Waals surface area contributed by atoms with Crippen LogP contribution in [0, 0.1) is 0 Å². The number of H-pyrrole nitrogens is 1. The Hall–Kier alpha value is -1.39. The molecule has 0 atom stereocenters. The van der Waals surface area contributed by atoms with Crippen LogP contribution >= 0.6 is 24.2 Å². The van der Waals surface area contributed by atoms with Crippen molar-refractivity contribution in [1.82, 2.24) is 4.98 Å². The number of halogens is 1. The number of carboxylic acids is 1. The Bertz CT molecular complexity index is 589. The molecule has 0 aliphatic rings. The molecule has 2 aromatic rings. The molecule has 0 amide bonds. The number of carboxylic acid groups (broad SMARTS) is 1. The predicted octanol–water partition coefficient (Wildman–Crippen LogP) is 3.18. The number of hydrogen-bond acceptors (Lipinski definition) is 2. The molecule has 0 fully saturated rings. The number of rotatable bonds is 2. The molecular formula is C11H8ClNO2S. The topological polar surface area (TPSA) is 53.1 Å². The molecule has 0 aliphatic heterocycles. The Balaban J connectivity index is 2.62. The average Bonchev–Trinajstić information content (AvgIpc) is 2.63. The van der Waals surface area contributed by atoms with Crippen molar-refractivity contribution in [3.63, 3.8) is 0 Å². The lowest BCUT2D eigenvalue weighted by Gasteiger charge is -1.96. The van der Waals surface area contributed by atoms with Crippen LogP contribution in [0.15, 0.2) is 29.3 Å². The summed E-state index contributed by atoms with van der Waals surface area (Å²) < 4.78 is 0. The van der Waals surface area contributed by atoms with E-state index in [-0.39, 0.29) is 4.91 Å². The van der Waals surface area contributed by atoms with E-state index in [9.17, 15) is 4.79 Å². The van der Waals surface area contributed by atoms with Gasteiger partial charge in [0, 0.05) is 22.7 Å². The number of nitrogens with one attached hydrogen (secondary N) is 1. The normalized spacial score (nSPS) is 12.0. The molecule has 0 spiro atoms. The Labute approximate surface area is 102 Å². The number of benzene rings is 1. The number of thiol groups is 1. The third-order valence-corrected chi connectivity index (χ3v) is 2.83. The molecule has 82 valence electrons. The van der Waals surface area contributed by atoms with Crippen LogP contribution in [-0.2, 0) is 4.79 Å². The maximum Gasteiger partial charge on any atom is 0.341 e. The first kappa shape index (κ1) is 11.1. The van der Waals surface area contributed by atoms with E-state index in [4.69, 9.17) is 16.7 Å². The van der Waals surface area contributed by atoms with Gasteiger partial charge in [0.1, 0.15) is 0 Å². The summed E-state index contributed by atoms with van der Waals surface area (Å²) in [7, 11) is 0. The van der Waals surface area contributed by atoms with Crippen LogP contribution < -0.4 is 0 Å². The highest BCUT2D eigenvalue weighted by molar-refractivity contribution is 7.85. The summed E-state index contributed by atoms with van der Waals surface area (Å²) in [6.07, 6.45) is 3.17. The minimum absolute atomic E-state index is 0.0270. The SMILES string of the molecule is O=C(O)/C(S)=C/c1c[nH]c2cccc(Cl)c12. The molecule has 16 heavy (non-hydrogen) atoms. The summed E-state index contributed by atoms with van der Waals surface area (Å²) in [5, 5.41) is 10.1. The zero-order chi connectivity index (χ0) is 11.7. The number of aromatic amines is 1. The predicted molar refractivity (Wildman–Crippen MR) is 67.9 cm³/mol. The summed E-state index contributed by atoms with van der Waals surface area (Å²) in [6, 6.07) is 5.46. The number of fused-ring (bicyclic) bond motifs is 1. The van der Waals surface area contributed by atoms with Crippen LogP contribution in [0.2, 0.25) is 5.02 Å². The summed E-state index contributed by atoms with van der Waals surface area (Å²) in [6.45, 7) is 0. The van der Waals surface area contributed by atoms with Crippen LogP contribution in [0.25, 0.3) is 17.0 Å². The monoisotopic (exact) mass is 253 g/mol. The Kier molecular flexibility index (Phi) is 2.94. The highest BCUT2D eigenvalue weighted by atomic mass is 35.5. The van der Waals surface area contributed by atoms with Gasteiger partial charge in [-0.15, -0.1) is 12.6 Å². The minimum atomic E-state index is -1.07. The minimum Gasteiger partial charge on any atom is -0.477 e.